The molecule has 3 fully saturated rings. The highest BCUT2D eigenvalue weighted by Gasteiger charge is 2.41. The highest BCUT2D eigenvalue weighted by molar-refractivity contribution is 4.92. The molecule has 3 saturated carbocycles. The second-order valence-electron chi connectivity index (χ2n) is 12.4. The van der Waals surface area contributed by atoms with Gasteiger partial charge in [-0.15, -0.1) is 6.58 Å². The summed E-state index contributed by atoms with van der Waals surface area (Å²) >= 11 is 0. The largest absolute Gasteiger partial charge is 0.377 e. The maximum atomic E-state index is 5.85. The maximum absolute atomic E-state index is 5.85. The highest BCUT2D eigenvalue weighted by atomic mass is 16.5. The quantitative estimate of drug-likeness (QED) is 0.175. The average molecular weight is 459 g/mol. The van der Waals surface area contributed by atoms with E-state index in [9.17, 15) is 0 Å². The summed E-state index contributed by atoms with van der Waals surface area (Å²) in [7, 11) is 0. The molecular formula is C32H58O. The van der Waals surface area contributed by atoms with E-state index in [-0.39, 0.29) is 0 Å². The molecule has 0 N–H and O–H groups in total. The molecule has 0 heterocycles. The van der Waals surface area contributed by atoms with E-state index in [4.69, 9.17) is 4.74 Å². The zero-order valence-electron chi connectivity index (χ0n) is 22.5. The second-order valence-corrected chi connectivity index (χ2v) is 12.4. The van der Waals surface area contributed by atoms with Gasteiger partial charge in [0.15, 0.2) is 0 Å². The summed E-state index contributed by atoms with van der Waals surface area (Å²) in [6.45, 7) is 7.86. The van der Waals surface area contributed by atoms with Gasteiger partial charge in [0.1, 0.15) is 0 Å². The standard InChI is InChI=1S/C32H58O/c1-3-5-6-9-15-30(29-16-10-7-11-17-29)18-14-23-32(31-19-12-8-13-20-31)24-21-28(22-25-32)27-33-26-4-2/h4,28-31H,2-3,5-27H2,1H3. The zero-order chi connectivity index (χ0) is 23.2. The van der Waals surface area contributed by atoms with Gasteiger partial charge in [-0.2, -0.15) is 0 Å². The summed E-state index contributed by atoms with van der Waals surface area (Å²) in [5, 5.41) is 0. The van der Waals surface area contributed by atoms with Gasteiger partial charge in [0.05, 0.1) is 6.61 Å². The third-order valence-corrected chi connectivity index (χ3v) is 10.2. The monoisotopic (exact) mass is 458 g/mol. The molecule has 3 aliphatic carbocycles. The maximum Gasteiger partial charge on any atom is 0.0644 e. The Morgan fingerprint density at radius 2 is 1.48 bits per heavy atom. The molecule has 0 aromatic rings. The van der Waals surface area contributed by atoms with Crippen LogP contribution in [0.15, 0.2) is 12.7 Å². The normalized spacial score (nSPS) is 28.6. The Morgan fingerprint density at radius 3 is 2.15 bits per heavy atom. The lowest BCUT2D eigenvalue weighted by molar-refractivity contribution is 0.0127. The SMILES string of the molecule is C=CCOCC1CCC(CCCC(CCCCCC)C2CCCCC2)(C2CCCCC2)CC1. The topological polar surface area (TPSA) is 9.23 Å². The number of unbranched alkanes of at least 4 members (excludes halogenated alkanes) is 3. The lowest BCUT2D eigenvalue weighted by Crippen LogP contribution is -2.37. The van der Waals surface area contributed by atoms with E-state index in [1.807, 2.05) is 6.08 Å². The van der Waals surface area contributed by atoms with Crippen molar-refractivity contribution in [1.82, 2.24) is 0 Å². The molecular weight excluding hydrogens is 400 g/mol. The molecule has 0 bridgehead atoms. The van der Waals surface area contributed by atoms with Crippen molar-refractivity contribution < 1.29 is 4.74 Å². The van der Waals surface area contributed by atoms with Crippen LogP contribution in [0.3, 0.4) is 0 Å². The van der Waals surface area contributed by atoms with Gasteiger partial charge in [-0.05, 0) is 74.0 Å². The molecule has 3 aliphatic rings. The van der Waals surface area contributed by atoms with E-state index >= 15 is 0 Å². The third-order valence-electron chi connectivity index (χ3n) is 10.2. The summed E-state index contributed by atoms with van der Waals surface area (Å²) in [4.78, 5) is 0. The van der Waals surface area contributed by atoms with E-state index < -0.39 is 0 Å². The van der Waals surface area contributed by atoms with Crippen LogP contribution in [0.2, 0.25) is 0 Å². The van der Waals surface area contributed by atoms with Crippen molar-refractivity contribution in [3.8, 4) is 0 Å². The van der Waals surface area contributed by atoms with Gasteiger partial charge in [-0.1, -0.05) is 109 Å². The number of hydrogen-bond acceptors (Lipinski definition) is 1. The fraction of sp³-hybridized carbons (Fsp3) is 0.938. The van der Waals surface area contributed by atoms with E-state index in [1.54, 1.807) is 12.8 Å². The van der Waals surface area contributed by atoms with Crippen LogP contribution in [0.25, 0.3) is 0 Å². The van der Waals surface area contributed by atoms with Gasteiger partial charge < -0.3 is 4.74 Å². The molecule has 1 heteroatoms. The fourth-order valence-electron chi connectivity index (χ4n) is 8.09. The molecule has 0 saturated heterocycles. The van der Waals surface area contributed by atoms with Crippen molar-refractivity contribution >= 4 is 0 Å². The second kappa shape index (κ2) is 15.6. The first-order valence-electron chi connectivity index (χ1n) is 15.5. The van der Waals surface area contributed by atoms with Crippen molar-refractivity contribution in [2.24, 2.45) is 29.1 Å². The van der Waals surface area contributed by atoms with Crippen molar-refractivity contribution in [3.63, 3.8) is 0 Å². The van der Waals surface area contributed by atoms with Gasteiger partial charge in [-0.25, -0.2) is 0 Å². The van der Waals surface area contributed by atoms with Crippen LogP contribution in [0.5, 0.6) is 0 Å². The average Bonchev–Trinajstić information content (AvgIpc) is 2.88. The Labute approximate surface area is 207 Å². The summed E-state index contributed by atoms with van der Waals surface area (Å²) in [5.74, 6) is 3.92. The van der Waals surface area contributed by atoms with Crippen LogP contribution >= 0.6 is 0 Å². The molecule has 0 aromatic heterocycles. The molecule has 33 heavy (non-hydrogen) atoms. The molecule has 192 valence electrons. The molecule has 0 aliphatic heterocycles. The summed E-state index contributed by atoms with van der Waals surface area (Å²) in [5.41, 5.74) is 0.675. The van der Waals surface area contributed by atoms with Crippen LogP contribution in [0.4, 0.5) is 0 Å². The van der Waals surface area contributed by atoms with E-state index in [1.165, 1.54) is 128 Å². The molecule has 0 radical (unpaired) electrons. The van der Waals surface area contributed by atoms with E-state index in [2.05, 4.69) is 13.5 Å². The predicted molar refractivity (Wildman–Crippen MR) is 145 cm³/mol. The number of ether oxygens (including phenoxy) is 1. The Hall–Kier alpha value is -0.300. The summed E-state index contributed by atoms with van der Waals surface area (Å²) in [6, 6.07) is 0. The lowest BCUT2D eigenvalue weighted by Gasteiger charge is -2.48. The molecule has 1 unspecified atom stereocenters. The molecule has 1 atom stereocenters. The van der Waals surface area contributed by atoms with Crippen LogP contribution < -0.4 is 0 Å². The van der Waals surface area contributed by atoms with Crippen LogP contribution in [-0.2, 0) is 4.74 Å². The first-order valence-corrected chi connectivity index (χ1v) is 15.5. The Balaban J connectivity index is 1.53. The van der Waals surface area contributed by atoms with E-state index in [0.29, 0.717) is 5.41 Å². The Kier molecular flexibility index (Phi) is 12.9. The van der Waals surface area contributed by atoms with Crippen LogP contribution in [-0.4, -0.2) is 13.2 Å². The van der Waals surface area contributed by atoms with E-state index in [0.717, 1.165) is 36.9 Å². The molecule has 0 amide bonds. The van der Waals surface area contributed by atoms with Crippen LogP contribution in [0.1, 0.15) is 148 Å². The number of hydrogen-bond donors (Lipinski definition) is 0. The van der Waals surface area contributed by atoms with Crippen molar-refractivity contribution in [2.45, 2.75) is 148 Å². The molecule has 0 aromatic carbocycles. The van der Waals surface area contributed by atoms with Gasteiger partial charge in [0, 0.05) is 6.61 Å². The van der Waals surface area contributed by atoms with Gasteiger partial charge in [-0.3, -0.25) is 0 Å². The minimum absolute atomic E-state index is 0.675. The Morgan fingerprint density at radius 1 is 0.818 bits per heavy atom. The Bertz CT molecular complexity index is 491. The molecule has 0 spiro atoms. The molecule has 1 nitrogen and oxygen atoms in total. The number of rotatable bonds is 15. The summed E-state index contributed by atoms with van der Waals surface area (Å²) in [6.07, 6.45) is 34.8. The van der Waals surface area contributed by atoms with Crippen molar-refractivity contribution in [1.29, 1.82) is 0 Å². The van der Waals surface area contributed by atoms with Gasteiger partial charge in [0.2, 0.25) is 0 Å². The zero-order valence-corrected chi connectivity index (χ0v) is 22.5. The minimum atomic E-state index is 0.675. The van der Waals surface area contributed by atoms with Crippen LogP contribution in [0, 0.1) is 29.1 Å². The first-order chi connectivity index (χ1) is 16.3. The van der Waals surface area contributed by atoms with Gasteiger partial charge in [0.25, 0.3) is 0 Å². The summed E-state index contributed by atoms with van der Waals surface area (Å²) < 4.78 is 5.85. The smallest absolute Gasteiger partial charge is 0.0644 e. The third kappa shape index (κ3) is 9.01. The lowest BCUT2D eigenvalue weighted by atomic mass is 9.58. The predicted octanol–water partition coefficient (Wildman–Crippen LogP) is 10.3. The fourth-order valence-corrected chi connectivity index (χ4v) is 8.09. The van der Waals surface area contributed by atoms with Crippen molar-refractivity contribution in [2.75, 3.05) is 13.2 Å². The first kappa shape index (κ1) is 27.3. The highest BCUT2D eigenvalue weighted by Crippen LogP contribution is 2.53. The molecule has 3 rings (SSSR count). The van der Waals surface area contributed by atoms with Crippen molar-refractivity contribution in [3.05, 3.63) is 12.7 Å². The van der Waals surface area contributed by atoms with Gasteiger partial charge >= 0.3 is 0 Å². The minimum Gasteiger partial charge on any atom is -0.377 e.